The van der Waals surface area contributed by atoms with E-state index in [0.717, 1.165) is 12.8 Å². The molecule has 3 N–H and O–H groups in total. The summed E-state index contributed by atoms with van der Waals surface area (Å²) in [6, 6.07) is 0. The Morgan fingerprint density at radius 3 is 2.22 bits per heavy atom. The molecule has 18 heavy (non-hydrogen) atoms. The Morgan fingerprint density at radius 2 is 1.83 bits per heavy atom. The normalized spacial score (nSPS) is 18.7. The molecule has 4 heteroatoms. The van der Waals surface area contributed by atoms with E-state index in [0.29, 0.717) is 24.3 Å². The lowest BCUT2D eigenvalue weighted by atomic mass is 9.89. The predicted octanol–water partition coefficient (Wildman–Crippen LogP) is 2.87. The third kappa shape index (κ3) is 6.05. The van der Waals surface area contributed by atoms with Crippen LogP contribution in [0.15, 0.2) is 0 Å². The van der Waals surface area contributed by atoms with Crippen LogP contribution < -0.4 is 11.1 Å². The van der Waals surface area contributed by atoms with Gasteiger partial charge in [-0.3, -0.25) is 4.79 Å². The van der Waals surface area contributed by atoms with Gasteiger partial charge in [-0.2, -0.15) is 0 Å². The molecule has 0 spiro atoms. The summed E-state index contributed by atoms with van der Waals surface area (Å²) in [5.74, 6) is 0.758. The van der Waals surface area contributed by atoms with E-state index < -0.39 is 0 Å². The molecule has 0 aromatic carbocycles. The maximum Gasteiger partial charge on any atom is 0.220 e. The van der Waals surface area contributed by atoms with Crippen molar-refractivity contribution in [2.24, 2.45) is 17.1 Å². The molecule has 1 rings (SSSR count). The van der Waals surface area contributed by atoms with Gasteiger partial charge in [0.05, 0.1) is 5.54 Å². The minimum atomic E-state index is -0.168. The van der Waals surface area contributed by atoms with Crippen LogP contribution in [0.4, 0.5) is 0 Å². The first kappa shape index (κ1) is 17.7. The standard InChI is InChI=1S/C14H28N2O.ClH/c1-13(2,3)9-5-6-12(17)16-14(4,10-15)11-7-8-11;/h11H,5-10,15H2,1-4H3,(H,16,17);1H. The molecule has 1 fully saturated rings. The van der Waals surface area contributed by atoms with Crippen LogP contribution in [-0.2, 0) is 4.79 Å². The molecule has 0 heterocycles. The SMILES string of the molecule is CC(C)(C)CCCC(=O)NC(C)(CN)C1CC1.Cl. The number of carbonyl (C=O) groups is 1. The van der Waals surface area contributed by atoms with Crippen LogP contribution in [0, 0.1) is 11.3 Å². The highest BCUT2D eigenvalue weighted by Gasteiger charge is 2.41. The molecule has 0 saturated heterocycles. The monoisotopic (exact) mass is 276 g/mol. The lowest BCUT2D eigenvalue weighted by Gasteiger charge is -2.29. The van der Waals surface area contributed by atoms with E-state index >= 15 is 0 Å². The van der Waals surface area contributed by atoms with E-state index in [1.165, 1.54) is 12.8 Å². The van der Waals surface area contributed by atoms with E-state index in [4.69, 9.17) is 5.73 Å². The maximum absolute atomic E-state index is 11.9. The van der Waals surface area contributed by atoms with Crippen LogP contribution in [0.5, 0.6) is 0 Å². The van der Waals surface area contributed by atoms with Crippen molar-refractivity contribution in [1.29, 1.82) is 0 Å². The minimum Gasteiger partial charge on any atom is -0.349 e. The van der Waals surface area contributed by atoms with Crippen LogP contribution >= 0.6 is 12.4 Å². The van der Waals surface area contributed by atoms with E-state index in [-0.39, 0.29) is 23.9 Å². The van der Waals surface area contributed by atoms with Crippen LogP contribution in [0.25, 0.3) is 0 Å². The summed E-state index contributed by atoms with van der Waals surface area (Å²) >= 11 is 0. The van der Waals surface area contributed by atoms with Gasteiger partial charge in [0.2, 0.25) is 5.91 Å². The van der Waals surface area contributed by atoms with Gasteiger partial charge >= 0.3 is 0 Å². The molecule has 0 aromatic rings. The fraction of sp³-hybridized carbons (Fsp3) is 0.929. The van der Waals surface area contributed by atoms with Gasteiger partial charge < -0.3 is 11.1 Å². The summed E-state index contributed by atoms with van der Waals surface area (Å²) in [7, 11) is 0. The molecule has 1 saturated carbocycles. The second kappa shape index (κ2) is 6.76. The van der Waals surface area contributed by atoms with E-state index in [9.17, 15) is 4.79 Å². The Hall–Kier alpha value is -0.280. The third-order valence-corrected chi connectivity index (χ3v) is 3.66. The molecule has 1 unspecified atom stereocenters. The Balaban J connectivity index is 0.00000289. The Labute approximate surface area is 118 Å². The van der Waals surface area contributed by atoms with E-state index in [2.05, 4.69) is 33.0 Å². The predicted molar refractivity (Wildman–Crippen MR) is 78.9 cm³/mol. The minimum absolute atomic E-state index is 0. The molecular weight excluding hydrogens is 248 g/mol. The van der Waals surface area contributed by atoms with Gasteiger partial charge in [0.25, 0.3) is 0 Å². The number of amides is 1. The lowest BCUT2D eigenvalue weighted by molar-refractivity contribution is -0.123. The number of rotatable bonds is 6. The van der Waals surface area contributed by atoms with Crippen LogP contribution in [0.2, 0.25) is 0 Å². The largest absolute Gasteiger partial charge is 0.349 e. The fourth-order valence-electron chi connectivity index (χ4n) is 2.20. The first-order chi connectivity index (χ1) is 7.77. The highest BCUT2D eigenvalue weighted by molar-refractivity contribution is 5.85. The van der Waals surface area contributed by atoms with Crippen molar-refractivity contribution in [2.75, 3.05) is 6.54 Å². The summed E-state index contributed by atoms with van der Waals surface area (Å²) in [6.45, 7) is 9.24. The number of nitrogens with one attached hydrogen (secondary N) is 1. The molecule has 0 radical (unpaired) electrons. The number of nitrogens with two attached hydrogens (primary N) is 1. The number of halogens is 1. The highest BCUT2D eigenvalue weighted by Crippen LogP contribution is 2.39. The van der Waals surface area contributed by atoms with Crippen molar-refractivity contribution >= 4 is 18.3 Å². The molecule has 1 atom stereocenters. The second-order valence-electron chi connectivity index (χ2n) is 6.86. The van der Waals surface area contributed by atoms with Crippen molar-refractivity contribution in [3.63, 3.8) is 0 Å². The zero-order valence-corrected chi connectivity index (χ0v) is 13.0. The molecule has 108 valence electrons. The summed E-state index contributed by atoms with van der Waals surface area (Å²) in [5.41, 5.74) is 5.93. The van der Waals surface area contributed by atoms with Gasteiger partial charge in [-0.15, -0.1) is 12.4 Å². The van der Waals surface area contributed by atoms with Crippen molar-refractivity contribution in [3.8, 4) is 0 Å². The number of hydrogen-bond donors (Lipinski definition) is 2. The molecule has 0 aliphatic heterocycles. The lowest BCUT2D eigenvalue weighted by Crippen LogP contribution is -2.53. The van der Waals surface area contributed by atoms with Gasteiger partial charge in [0.15, 0.2) is 0 Å². The van der Waals surface area contributed by atoms with Crippen molar-refractivity contribution in [1.82, 2.24) is 5.32 Å². The molecule has 1 amide bonds. The van der Waals surface area contributed by atoms with Crippen LogP contribution in [-0.4, -0.2) is 18.0 Å². The quantitative estimate of drug-likeness (QED) is 0.784. The van der Waals surface area contributed by atoms with Gasteiger partial charge in [-0.25, -0.2) is 0 Å². The summed E-state index contributed by atoms with van der Waals surface area (Å²) in [6.07, 6.45) is 5.08. The van der Waals surface area contributed by atoms with Gasteiger partial charge in [-0.1, -0.05) is 20.8 Å². The Bertz CT molecular complexity index is 271. The van der Waals surface area contributed by atoms with E-state index in [1.807, 2.05) is 0 Å². The zero-order valence-electron chi connectivity index (χ0n) is 12.2. The Morgan fingerprint density at radius 1 is 1.28 bits per heavy atom. The smallest absolute Gasteiger partial charge is 0.220 e. The first-order valence-corrected chi connectivity index (χ1v) is 6.78. The number of hydrogen-bond acceptors (Lipinski definition) is 2. The van der Waals surface area contributed by atoms with Crippen LogP contribution in [0.3, 0.4) is 0 Å². The van der Waals surface area contributed by atoms with Crippen molar-refractivity contribution in [2.45, 2.75) is 65.3 Å². The Kier molecular flexibility index (Phi) is 6.66. The van der Waals surface area contributed by atoms with Crippen molar-refractivity contribution in [3.05, 3.63) is 0 Å². The topological polar surface area (TPSA) is 55.1 Å². The fourth-order valence-corrected chi connectivity index (χ4v) is 2.20. The molecular formula is C14H29ClN2O. The molecule has 3 nitrogen and oxygen atoms in total. The third-order valence-electron chi connectivity index (χ3n) is 3.66. The summed E-state index contributed by atoms with van der Waals surface area (Å²) in [4.78, 5) is 11.9. The molecule has 1 aliphatic carbocycles. The summed E-state index contributed by atoms with van der Waals surface area (Å²) < 4.78 is 0. The van der Waals surface area contributed by atoms with E-state index in [1.54, 1.807) is 0 Å². The molecule has 0 aromatic heterocycles. The van der Waals surface area contributed by atoms with Gasteiger partial charge in [0.1, 0.15) is 0 Å². The highest BCUT2D eigenvalue weighted by atomic mass is 35.5. The molecule has 0 bridgehead atoms. The maximum atomic E-state index is 11.9. The summed E-state index contributed by atoms with van der Waals surface area (Å²) in [5, 5.41) is 3.13. The zero-order chi connectivity index (χ0) is 13.1. The van der Waals surface area contributed by atoms with Crippen molar-refractivity contribution < 1.29 is 4.79 Å². The first-order valence-electron chi connectivity index (χ1n) is 6.78. The van der Waals surface area contributed by atoms with Gasteiger partial charge in [0, 0.05) is 13.0 Å². The molecule has 1 aliphatic rings. The van der Waals surface area contributed by atoms with Gasteiger partial charge in [-0.05, 0) is 43.9 Å². The van der Waals surface area contributed by atoms with Crippen LogP contribution in [0.1, 0.15) is 59.8 Å². The average Bonchev–Trinajstić information content (AvgIpc) is 2.98. The second-order valence-corrected chi connectivity index (χ2v) is 6.86. The average molecular weight is 277 g/mol. The number of carbonyl (C=O) groups excluding carboxylic acids is 1.